The Hall–Kier alpha value is -2.38. The molecule has 0 spiro atoms. The SMILES string of the molecule is O=C(c1cc(F)ccc1F)c1c(F)c(F)c(F)c(F)c1F. The van der Waals surface area contributed by atoms with Gasteiger partial charge in [-0.25, -0.2) is 30.7 Å². The fraction of sp³-hybridized carbons (Fsp3) is 0. The summed E-state index contributed by atoms with van der Waals surface area (Å²) in [6.45, 7) is 0. The molecule has 0 aliphatic carbocycles. The van der Waals surface area contributed by atoms with Gasteiger partial charge in [-0.1, -0.05) is 0 Å². The van der Waals surface area contributed by atoms with Crippen molar-refractivity contribution in [3.05, 3.63) is 70.0 Å². The summed E-state index contributed by atoms with van der Waals surface area (Å²) in [5.41, 5.74) is -3.01. The first-order chi connectivity index (χ1) is 9.75. The molecule has 2 aromatic rings. The fourth-order valence-corrected chi connectivity index (χ4v) is 1.61. The van der Waals surface area contributed by atoms with Gasteiger partial charge in [0.1, 0.15) is 17.2 Å². The van der Waals surface area contributed by atoms with Crippen molar-refractivity contribution >= 4 is 5.78 Å². The van der Waals surface area contributed by atoms with E-state index in [2.05, 4.69) is 0 Å². The summed E-state index contributed by atoms with van der Waals surface area (Å²) < 4.78 is 91.9. The monoisotopic (exact) mass is 308 g/mol. The van der Waals surface area contributed by atoms with E-state index in [4.69, 9.17) is 0 Å². The van der Waals surface area contributed by atoms with Gasteiger partial charge in [-0.05, 0) is 18.2 Å². The molecule has 0 unspecified atom stereocenters. The van der Waals surface area contributed by atoms with Crippen LogP contribution in [-0.2, 0) is 0 Å². The molecule has 0 bridgehead atoms. The number of hydrogen-bond acceptors (Lipinski definition) is 1. The maximum atomic E-state index is 13.4. The first kappa shape index (κ1) is 15.0. The van der Waals surface area contributed by atoms with E-state index in [1.54, 1.807) is 0 Å². The first-order valence-electron chi connectivity index (χ1n) is 5.27. The summed E-state index contributed by atoms with van der Waals surface area (Å²) in [6.07, 6.45) is 0. The lowest BCUT2D eigenvalue weighted by molar-refractivity contribution is 0.102. The summed E-state index contributed by atoms with van der Waals surface area (Å²) in [4.78, 5) is 11.7. The maximum Gasteiger partial charge on any atom is 0.202 e. The third-order valence-corrected chi connectivity index (χ3v) is 2.61. The Balaban J connectivity index is 2.73. The second-order valence-corrected chi connectivity index (χ2v) is 3.90. The normalized spacial score (nSPS) is 10.8. The van der Waals surface area contributed by atoms with Crippen molar-refractivity contribution < 1.29 is 35.5 Å². The Morgan fingerprint density at radius 1 is 0.714 bits per heavy atom. The fourth-order valence-electron chi connectivity index (χ4n) is 1.61. The predicted octanol–water partition coefficient (Wildman–Crippen LogP) is 3.89. The van der Waals surface area contributed by atoms with E-state index in [1.807, 2.05) is 0 Å². The van der Waals surface area contributed by atoms with Crippen molar-refractivity contribution in [2.75, 3.05) is 0 Å². The molecule has 0 heterocycles. The van der Waals surface area contributed by atoms with Gasteiger partial charge in [-0.2, -0.15) is 0 Å². The molecule has 0 fully saturated rings. The highest BCUT2D eigenvalue weighted by molar-refractivity contribution is 6.09. The minimum atomic E-state index is -2.46. The zero-order valence-corrected chi connectivity index (χ0v) is 9.79. The number of carbonyl (C=O) groups is 1. The molecule has 21 heavy (non-hydrogen) atoms. The Bertz CT molecular complexity index is 726. The highest BCUT2D eigenvalue weighted by Gasteiger charge is 2.31. The van der Waals surface area contributed by atoms with Gasteiger partial charge in [0.2, 0.25) is 11.6 Å². The minimum Gasteiger partial charge on any atom is -0.288 e. The average Bonchev–Trinajstić information content (AvgIpc) is 2.45. The van der Waals surface area contributed by atoms with Gasteiger partial charge < -0.3 is 0 Å². The summed E-state index contributed by atoms with van der Waals surface area (Å²) >= 11 is 0. The van der Waals surface area contributed by atoms with Crippen LogP contribution in [0.25, 0.3) is 0 Å². The van der Waals surface area contributed by atoms with Crippen molar-refractivity contribution in [2.24, 2.45) is 0 Å². The van der Waals surface area contributed by atoms with Crippen LogP contribution in [0.1, 0.15) is 15.9 Å². The standard InChI is InChI=1S/C13H3F7O/c14-4-1-2-6(15)5(3-4)13(21)7-8(16)10(18)12(20)11(19)9(7)17/h1-3H. The molecule has 0 saturated heterocycles. The largest absolute Gasteiger partial charge is 0.288 e. The third kappa shape index (κ3) is 2.37. The predicted molar refractivity (Wildman–Crippen MR) is 56.0 cm³/mol. The second kappa shape index (κ2) is 5.19. The topological polar surface area (TPSA) is 17.1 Å². The van der Waals surface area contributed by atoms with Crippen molar-refractivity contribution in [3.63, 3.8) is 0 Å². The van der Waals surface area contributed by atoms with Crippen LogP contribution >= 0.6 is 0 Å². The van der Waals surface area contributed by atoms with Crippen molar-refractivity contribution in [3.8, 4) is 0 Å². The van der Waals surface area contributed by atoms with E-state index < -0.39 is 57.6 Å². The maximum absolute atomic E-state index is 13.4. The van der Waals surface area contributed by atoms with Gasteiger partial charge in [-0.15, -0.1) is 0 Å². The van der Waals surface area contributed by atoms with Gasteiger partial charge in [0.25, 0.3) is 0 Å². The van der Waals surface area contributed by atoms with Gasteiger partial charge in [0.05, 0.1) is 5.56 Å². The third-order valence-electron chi connectivity index (χ3n) is 2.61. The van der Waals surface area contributed by atoms with E-state index in [1.165, 1.54) is 0 Å². The molecule has 0 saturated carbocycles. The molecule has 1 nitrogen and oxygen atoms in total. The van der Waals surface area contributed by atoms with Crippen LogP contribution in [-0.4, -0.2) is 5.78 Å². The number of halogens is 7. The van der Waals surface area contributed by atoms with Gasteiger partial charge in [-0.3, -0.25) is 4.79 Å². The molecule has 110 valence electrons. The molecule has 2 rings (SSSR count). The summed E-state index contributed by atoms with van der Waals surface area (Å²) in [5, 5.41) is 0. The summed E-state index contributed by atoms with van der Waals surface area (Å²) in [7, 11) is 0. The lowest BCUT2D eigenvalue weighted by atomic mass is 10.0. The number of carbonyl (C=O) groups excluding carboxylic acids is 1. The smallest absolute Gasteiger partial charge is 0.202 e. The van der Waals surface area contributed by atoms with Gasteiger partial charge >= 0.3 is 0 Å². The number of rotatable bonds is 2. The van der Waals surface area contributed by atoms with Crippen molar-refractivity contribution in [1.29, 1.82) is 0 Å². The van der Waals surface area contributed by atoms with Crippen LogP contribution < -0.4 is 0 Å². The molecule has 0 aliphatic heterocycles. The number of benzene rings is 2. The minimum absolute atomic E-state index is 0.287. The van der Waals surface area contributed by atoms with E-state index in [-0.39, 0.29) is 6.07 Å². The van der Waals surface area contributed by atoms with Gasteiger partial charge in [0, 0.05) is 0 Å². The number of hydrogen-bond donors (Lipinski definition) is 0. The molecule has 8 heteroatoms. The van der Waals surface area contributed by atoms with E-state index in [9.17, 15) is 35.5 Å². The molecule has 0 atom stereocenters. The van der Waals surface area contributed by atoms with Gasteiger partial charge in [0.15, 0.2) is 23.3 Å². The highest BCUT2D eigenvalue weighted by atomic mass is 19.2. The van der Waals surface area contributed by atoms with Crippen LogP contribution in [0.5, 0.6) is 0 Å². The Labute approximate surface area is 112 Å². The van der Waals surface area contributed by atoms with Crippen molar-refractivity contribution in [1.82, 2.24) is 0 Å². The zero-order chi connectivity index (χ0) is 15.9. The van der Waals surface area contributed by atoms with Crippen LogP contribution in [0.4, 0.5) is 30.7 Å². The Morgan fingerprint density at radius 3 is 1.71 bits per heavy atom. The molecular formula is C13H3F7O. The summed E-state index contributed by atoms with van der Waals surface area (Å²) in [5.74, 6) is -16.3. The molecule has 0 aliphatic rings. The van der Waals surface area contributed by atoms with E-state index in [0.29, 0.717) is 12.1 Å². The highest BCUT2D eigenvalue weighted by Crippen LogP contribution is 2.26. The van der Waals surface area contributed by atoms with Crippen LogP contribution in [0.2, 0.25) is 0 Å². The van der Waals surface area contributed by atoms with Crippen LogP contribution in [0.3, 0.4) is 0 Å². The van der Waals surface area contributed by atoms with Crippen LogP contribution in [0, 0.1) is 40.7 Å². The molecule has 0 N–H and O–H groups in total. The van der Waals surface area contributed by atoms with E-state index in [0.717, 1.165) is 0 Å². The molecule has 0 aromatic heterocycles. The molecule has 0 radical (unpaired) electrons. The lowest BCUT2D eigenvalue weighted by Crippen LogP contribution is -2.15. The Morgan fingerprint density at radius 2 is 1.19 bits per heavy atom. The van der Waals surface area contributed by atoms with Crippen LogP contribution in [0.15, 0.2) is 18.2 Å². The molecule has 0 amide bonds. The van der Waals surface area contributed by atoms with Crippen molar-refractivity contribution in [2.45, 2.75) is 0 Å². The quantitative estimate of drug-likeness (QED) is 0.356. The van der Waals surface area contributed by atoms with E-state index >= 15 is 0 Å². The summed E-state index contributed by atoms with van der Waals surface area (Å²) in [6, 6.07) is 1.38. The Kier molecular flexibility index (Phi) is 3.71. The number of ketones is 1. The first-order valence-corrected chi connectivity index (χ1v) is 5.27. The average molecular weight is 308 g/mol. The zero-order valence-electron chi connectivity index (χ0n) is 9.79. The molecular weight excluding hydrogens is 305 g/mol. The second-order valence-electron chi connectivity index (χ2n) is 3.90. The molecule has 2 aromatic carbocycles. The lowest BCUT2D eigenvalue weighted by Gasteiger charge is -2.08.